The Morgan fingerprint density at radius 3 is 2.65 bits per heavy atom. The van der Waals surface area contributed by atoms with Gasteiger partial charge in [0.15, 0.2) is 0 Å². The SMILES string of the molecule is O=C(CN1CCOC2CCCCC21)N1CCc2cc(S(=O)(=O)N3CCCCC3)ccc21. The van der Waals surface area contributed by atoms with Crippen molar-refractivity contribution in [2.75, 3.05) is 44.2 Å². The first-order valence-corrected chi connectivity index (χ1v) is 13.3. The van der Waals surface area contributed by atoms with Crippen molar-refractivity contribution in [1.82, 2.24) is 9.21 Å². The number of nitrogens with zero attached hydrogens (tertiary/aromatic N) is 3. The molecule has 0 N–H and O–H groups in total. The van der Waals surface area contributed by atoms with E-state index in [0.717, 1.165) is 49.9 Å². The van der Waals surface area contributed by atoms with Crippen LogP contribution in [0.1, 0.15) is 50.5 Å². The zero-order valence-electron chi connectivity index (χ0n) is 18.2. The molecule has 2 unspecified atom stereocenters. The van der Waals surface area contributed by atoms with Gasteiger partial charge in [-0.15, -0.1) is 0 Å². The second-order valence-corrected chi connectivity index (χ2v) is 11.2. The molecule has 8 heteroatoms. The van der Waals surface area contributed by atoms with Gasteiger partial charge in [-0.3, -0.25) is 9.69 Å². The van der Waals surface area contributed by atoms with Crippen molar-refractivity contribution < 1.29 is 17.9 Å². The Bertz CT molecular complexity index is 927. The fraction of sp³-hybridized carbons (Fsp3) is 0.696. The Labute approximate surface area is 185 Å². The molecule has 0 bridgehead atoms. The number of piperidine rings is 1. The molecular weight excluding hydrogens is 414 g/mol. The maximum absolute atomic E-state index is 13.2. The first kappa shape index (κ1) is 21.4. The Hall–Kier alpha value is -1.48. The normalized spacial score (nSPS) is 27.7. The fourth-order valence-electron chi connectivity index (χ4n) is 5.68. The van der Waals surface area contributed by atoms with Gasteiger partial charge in [0.1, 0.15) is 0 Å². The number of fused-ring (bicyclic) bond motifs is 2. The minimum absolute atomic E-state index is 0.108. The van der Waals surface area contributed by atoms with Gasteiger partial charge in [-0.2, -0.15) is 4.31 Å². The highest BCUT2D eigenvalue weighted by Crippen LogP contribution is 2.33. The molecule has 31 heavy (non-hydrogen) atoms. The molecule has 1 aliphatic carbocycles. The topological polar surface area (TPSA) is 70.2 Å². The van der Waals surface area contributed by atoms with Gasteiger partial charge >= 0.3 is 0 Å². The Morgan fingerprint density at radius 2 is 1.81 bits per heavy atom. The van der Waals surface area contributed by atoms with E-state index >= 15 is 0 Å². The number of amides is 1. The molecule has 0 radical (unpaired) electrons. The Kier molecular flexibility index (Phi) is 6.07. The molecule has 3 heterocycles. The van der Waals surface area contributed by atoms with Crippen molar-refractivity contribution in [2.45, 2.75) is 68.4 Å². The van der Waals surface area contributed by atoms with E-state index in [9.17, 15) is 13.2 Å². The quantitative estimate of drug-likeness (QED) is 0.709. The Morgan fingerprint density at radius 1 is 1.00 bits per heavy atom. The lowest BCUT2D eigenvalue weighted by molar-refractivity contribution is -0.127. The lowest BCUT2D eigenvalue weighted by Gasteiger charge is -2.43. The van der Waals surface area contributed by atoms with Crippen molar-refractivity contribution in [3.63, 3.8) is 0 Å². The third-order valence-corrected chi connectivity index (χ3v) is 9.28. The van der Waals surface area contributed by atoms with Crippen LogP contribution in [0.25, 0.3) is 0 Å². The van der Waals surface area contributed by atoms with Crippen molar-refractivity contribution >= 4 is 21.6 Å². The van der Waals surface area contributed by atoms with Crippen LogP contribution in [0.4, 0.5) is 5.69 Å². The van der Waals surface area contributed by atoms with Gasteiger partial charge < -0.3 is 9.64 Å². The van der Waals surface area contributed by atoms with Crippen LogP contribution in [0.2, 0.25) is 0 Å². The van der Waals surface area contributed by atoms with Gasteiger partial charge in [0, 0.05) is 37.9 Å². The zero-order chi connectivity index (χ0) is 21.4. The van der Waals surface area contributed by atoms with Crippen LogP contribution in [0.5, 0.6) is 0 Å². The van der Waals surface area contributed by atoms with Crippen molar-refractivity contribution in [2.24, 2.45) is 0 Å². The summed E-state index contributed by atoms with van der Waals surface area (Å²) in [6, 6.07) is 5.66. The van der Waals surface area contributed by atoms with Crippen LogP contribution in [-0.2, 0) is 26.0 Å². The summed E-state index contributed by atoms with van der Waals surface area (Å²) in [5.41, 5.74) is 1.83. The van der Waals surface area contributed by atoms with Gasteiger partial charge in [-0.25, -0.2) is 8.42 Å². The predicted molar refractivity (Wildman–Crippen MR) is 119 cm³/mol. The summed E-state index contributed by atoms with van der Waals surface area (Å²) in [5, 5.41) is 0. The smallest absolute Gasteiger partial charge is 0.243 e. The van der Waals surface area contributed by atoms with Gasteiger partial charge in [0.25, 0.3) is 0 Å². The molecular formula is C23H33N3O4S. The second-order valence-electron chi connectivity index (χ2n) is 9.28. The van der Waals surface area contributed by atoms with E-state index in [1.54, 1.807) is 16.4 Å². The number of hydrogen-bond donors (Lipinski definition) is 0. The number of ether oxygens (including phenoxy) is 1. The van der Waals surface area contributed by atoms with E-state index in [0.29, 0.717) is 50.1 Å². The van der Waals surface area contributed by atoms with Crippen LogP contribution < -0.4 is 4.90 Å². The molecule has 2 atom stereocenters. The second kappa shape index (κ2) is 8.81. The number of sulfonamides is 1. The maximum atomic E-state index is 13.2. The molecule has 0 spiro atoms. The zero-order valence-corrected chi connectivity index (χ0v) is 19.0. The molecule has 4 aliphatic rings. The number of rotatable bonds is 4. The van der Waals surface area contributed by atoms with Crippen LogP contribution in [-0.4, -0.2) is 75.0 Å². The molecule has 1 aromatic carbocycles. The number of carbonyl (C=O) groups is 1. The van der Waals surface area contributed by atoms with E-state index in [2.05, 4.69) is 4.90 Å². The number of hydrogen-bond acceptors (Lipinski definition) is 5. The number of anilines is 1. The van der Waals surface area contributed by atoms with Crippen LogP contribution >= 0.6 is 0 Å². The van der Waals surface area contributed by atoms with Gasteiger partial charge in [-0.1, -0.05) is 19.3 Å². The summed E-state index contributed by atoms with van der Waals surface area (Å²) in [7, 11) is -3.45. The molecule has 7 nitrogen and oxygen atoms in total. The van der Waals surface area contributed by atoms with E-state index in [4.69, 9.17) is 4.74 Å². The third-order valence-electron chi connectivity index (χ3n) is 7.39. The average molecular weight is 448 g/mol. The lowest BCUT2D eigenvalue weighted by Crippen LogP contribution is -2.55. The molecule has 3 aliphatic heterocycles. The predicted octanol–water partition coefficient (Wildman–Crippen LogP) is 2.39. The van der Waals surface area contributed by atoms with Crippen LogP contribution in [0.3, 0.4) is 0 Å². The van der Waals surface area contributed by atoms with E-state index in [-0.39, 0.29) is 12.0 Å². The highest BCUT2D eigenvalue weighted by molar-refractivity contribution is 7.89. The van der Waals surface area contributed by atoms with Crippen molar-refractivity contribution in [3.05, 3.63) is 23.8 Å². The molecule has 170 valence electrons. The first-order chi connectivity index (χ1) is 15.0. The number of carbonyl (C=O) groups excluding carboxylic acids is 1. The maximum Gasteiger partial charge on any atom is 0.243 e. The molecule has 1 saturated carbocycles. The third kappa shape index (κ3) is 4.15. The molecule has 5 rings (SSSR count). The van der Waals surface area contributed by atoms with E-state index in [1.165, 1.54) is 12.8 Å². The summed E-state index contributed by atoms with van der Waals surface area (Å²) in [6.07, 6.45) is 8.54. The monoisotopic (exact) mass is 447 g/mol. The molecule has 1 amide bonds. The minimum atomic E-state index is -3.45. The first-order valence-electron chi connectivity index (χ1n) is 11.8. The Balaban J connectivity index is 1.30. The lowest BCUT2D eigenvalue weighted by atomic mass is 9.90. The summed E-state index contributed by atoms with van der Waals surface area (Å²) in [6.45, 7) is 3.75. The minimum Gasteiger partial charge on any atom is -0.375 e. The summed E-state index contributed by atoms with van der Waals surface area (Å²) < 4.78 is 33.6. The molecule has 2 saturated heterocycles. The highest BCUT2D eigenvalue weighted by atomic mass is 32.2. The molecule has 0 aromatic heterocycles. The fourth-order valence-corrected chi connectivity index (χ4v) is 7.25. The molecule has 1 aromatic rings. The summed E-state index contributed by atoms with van der Waals surface area (Å²) in [4.78, 5) is 17.7. The van der Waals surface area contributed by atoms with E-state index in [1.807, 2.05) is 11.0 Å². The van der Waals surface area contributed by atoms with Crippen LogP contribution in [0.15, 0.2) is 23.1 Å². The summed E-state index contributed by atoms with van der Waals surface area (Å²) >= 11 is 0. The molecule has 3 fully saturated rings. The van der Waals surface area contributed by atoms with Crippen molar-refractivity contribution in [1.29, 1.82) is 0 Å². The number of benzene rings is 1. The van der Waals surface area contributed by atoms with Crippen LogP contribution in [0, 0.1) is 0 Å². The van der Waals surface area contributed by atoms with Crippen molar-refractivity contribution in [3.8, 4) is 0 Å². The van der Waals surface area contributed by atoms with E-state index < -0.39 is 10.0 Å². The number of morpholine rings is 1. The van der Waals surface area contributed by atoms with Gasteiger partial charge in [0.2, 0.25) is 15.9 Å². The summed E-state index contributed by atoms with van der Waals surface area (Å²) in [5.74, 6) is 0.108. The van der Waals surface area contributed by atoms with Gasteiger partial charge in [-0.05, 0) is 55.9 Å². The standard InChI is InChI=1S/C23H33N3O4S/c27-23(17-24-14-15-30-22-7-3-2-6-21(22)24)26-13-10-18-16-19(8-9-20(18)26)31(28,29)25-11-4-1-5-12-25/h8-9,16,21-22H,1-7,10-15,17H2. The average Bonchev–Trinajstić information content (AvgIpc) is 3.23. The van der Waals surface area contributed by atoms with Gasteiger partial charge in [0.05, 0.1) is 24.2 Å². The highest BCUT2D eigenvalue weighted by Gasteiger charge is 2.37. The largest absolute Gasteiger partial charge is 0.375 e.